The summed E-state index contributed by atoms with van der Waals surface area (Å²) in [5, 5.41) is 12.4. The van der Waals surface area contributed by atoms with Crippen molar-refractivity contribution in [3.63, 3.8) is 0 Å². The van der Waals surface area contributed by atoms with Crippen LogP contribution < -0.4 is 10.1 Å². The van der Waals surface area contributed by atoms with E-state index in [-0.39, 0.29) is 17.6 Å². The van der Waals surface area contributed by atoms with Crippen LogP contribution in [0.25, 0.3) is 0 Å². The van der Waals surface area contributed by atoms with Gasteiger partial charge in [0.05, 0.1) is 5.92 Å². The molecule has 0 amide bonds. The number of hydrogen-bond donors (Lipinski definition) is 2. The van der Waals surface area contributed by atoms with Crippen LogP contribution in [-0.4, -0.2) is 23.2 Å². The summed E-state index contributed by atoms with van der Waals surface area (Å²) in [6, 6.07) is 6.42. The van der Waals surface area contributed by atoms with Gasteiger partial charge < -0.3 is 15.2 Å². The molecule has 1 saturated heterocycles. The first-order valence-electron chi connectivity index (χ1n) is 7.23. The summed E-state index contributed by atoms with van der Waals surface area (Å²) in [5.74, 6) is -0.0388. The van der Waals surface area contributed by atoms with Gasteiger partial charge in [-0.3, -0.25) is 4.79 Å². The highest BCUT2D eigenvalue weighted by atomic mass is 16.5. The second-order valence-electron chi connectivity index (χ2n) is 6.46. The zero-order valence-electron chi connectivity index (χ0n) is 12.0. The molecule has 0 spiro atoms. The molecule has 0 aromatic heterocycles. The third-order valence-electron chi connectivity index (χ3n) is 4.36. The third kappa shape index (κ3) is 2.52. The predicted octanol–water partition coefficient (Wildman–Crippen LogP) is 2.53. The van der Waals surface area contributed by atoms with Crippen LogP contribution in [0.5, 0.6) is 5.75 Å². The molecule has 0 aliphatic carbocycles. The minimum atomic E-state index is -0.713. The second-order valence-corrected chi connectivity index (χ2v) is 6.46. The highest BCUT2D eigenvalue weighted by Gasteiger charge is 2.32. The van der Waals surface area contributed by atoms with E-state index in [2.05, 4.69) is 37.4 Å². The fraction of sp³-hybridized carbons (Fsp3) is 0.562. The number of nitrogens with one attached hydrogen (secondary N) is 1. The number of carboxylic acids is 1. The van der Waals surface area contributed by atoms with E-state index in [4.69, 9.17) is 9.84 Å². The van der Waals surface area contributed by atoms with Crippen LogP contribution in [-0.2, 0) is 11.2 Å². The summed E-state index contributed by atoms with van der Waals surface area (Å²) in [6.45, 7) is 4.76. The normalized spacial score (nSPS) is 27.7. The molecule has 0 bridgehead atoms. The zero-order valence-corrected chi connectivity index (χ0v) is 12.0. The Morgan fingerprint density at radius 1 is 1.45 bits per heavy atom. The van der Waals surface area contributed by atoms with Crippen molar-refractivity contribution < 1.29 is 14.6 Å². The van der Waals surface area contributed by atoms with Crippen LogP contribution >= 0.6 is 0 Å². The van der Waals surface area contributed by atoms with Crippen LogP contribution in [0.1, 0.15) is 43.9 Å². The zero-order chi connectivity index (χ0) is 14.3. The number of carboxylic acid groups (broad SMARTS) is 1. The molecular weight excluding hydrogens is 254 g/mol. The maximum atomic E-state index is 11.0. The molecule has 1 aromatic rings. The van der Waals surface area contributed by atoms with Crippen molar-refractivity contribution in [2.45, 2.75) is 44.8 Å². The van der Waals surface area contributed by atoms with Gasteiger partial charge in [0.25, 0.3) is 0 Å². The van der Waals surface area contributed by atoms with E-state index in [0.29, 0.717) is 13.0 Å². The second kappa shape index (κ2) is 4.77. The number of hydrogen-bond acceptors (Lipinski definition) is 3. The molecule has 0 saturated carbocycles. The number of fused-ring (bicyclic) bond motifs is 1. The Labute approximate surface area is 119 Å². The lowest BCUT2D eigenvalue weighted by molar-refractivity contribution is -0.141. The Hall–Kier alpha value is -1.55. The smallest absolute Gasteiger partial charge is 0.307 e. The number of rotatable bonds is 2. The molecule has 4 heteroatoms. The van der Waals surface area contributed by atoms with E-state index in [1.54, 1.807) is 0 Å². The van der Waals surface area contributed by atoms with E-state index < -0.39 is 5.97 Å². The van der Waals surface area contributed by atoms with Crippen LogP contribution in [0.3, 0.4) is 0 Å². The molecule has 2 heterocycles. The van der Waals surface area contributed by atoms with Crippen molar-refractivity contribution in [1.29, 1.82) is 0 Å². The lowest BCUT2D eigenvalue weighted by atomic mass is 9.92. The van der Waals surface area contributed by atoms with Crippen molar-refractivity contribution in [2.75, 3.05) is 6.54 Å². The molecule has 0 radical (unpaired) electrons. The molecule has 4 nitrogen and oxygen atoms in total. The molecule has 2 atom stereocenters. The van der Waals surface area contributed by atoms with E-state index in [1.165, 1.54) is 5.56 Å². The monoisotopic (exact) mass is 275 g/mol. The number of aliphatic carboxylic acids is 1. The van der Waals surface area contributed by atoms with Gasteiger partial charge in [-0.1, -0.05) is 12.1 Å². The standard InChI is InChI=1S/C16H21NO3/c1-16(2)6-5-10-3-4-11(8-14(10)20-16)13-7-12(9-17-13)15(18)19/h3-4,8,12-13,17H,5-7,9H2,1-2H3,(H,18,19). The van der Waals surface area contributed by atoms with Crippen molar-refractivity contribution >= 4 is 5.97 Å². The SMILES string of the molecule is CC1(C)CCc2ccc(C3CC(C(=O)O)CN3)cc2O1. The van der Waals surface area contributed by atoms with Crippen molar-refractivity contribution in [1.82, 2.24) is 5.32 Å². The van der Waals surface area contributed by atoms with Crippen LogP contribution in [0.15, 0.2) is 18.2 Å². The van der Waals surface area contributed by atoms with Gasteiger partial charge in [0.1, 0.15) is 11.4 Å². The fourth-order valence-electron chi connectivity index (χ4n) is 3.05. The van der Waals surface area contributed by atoms with E-state index >= 15 is 0 Å². The van der Waals surface area contributed by atoms with Crippen LogP contribution in [0.4, 0.5) is 0 Å². The summed E-state index contributed by atoms with van der Waals surface area (Å²) in [5.41, 5.74) is 2.27. The van der Waals surface area contributed by atoms with Crippen molar-refractivity contribution in [2.24, 2.45) is 5.92 Å². The van der Waals surface area contributed by atoms with Gasteiger partial charge in [0.15, 0.2) is 0 Å². The average Bonchev–Trinajstić information content (AvgIpc) is 2.86. The number of carbonyl (C=O) groups is 1. The number of aryl methyl sites for hydroxylation is 1. The van der Waals surface area contributed by atoms with Gasteiger partial charge >= 0.3 is 5.97 Å². The Morgan fingerprint density at radius 3 is 2.95 bits per heavy atom. The highest BCUT2D eigenvalue weighted by molar-refractivity contribution is 5.70. The Balaban J connectivity index is 1.81. The van der Waals surface area contributed by atoms with Gasteiger partial charge in [0.2, 0.25) is 0 Å². The highest BCUT2D eigenvalue weighted by Crippen LogP contribution is 2.36. The minimum Gasteiger partial charge on any atom is -0.488 e. The first-order valence-corrected chi connectivity index (χ1v) is 7.23. The lowest BCUT2D eigenvalue weighted by Crippen LogP contribution is -2.32. The molecule has 2 aliphatic rings. The van der Waals surface area contributed by atoms with E-state index in [1.807, 2.05) is 0 Å². The molecule has 2 N–H and O–H groups in total. The molecule has 1 aromatic carbocycles. The Bertz CT molecular complexity index is 539. The minimum absolute atomic E-state index is 0.113. The number of benzene rings is 1. The maximum Gasteiger partial charge on any atom is 0.307 e. The van der Waals surface area contributed by atoms with Gasteiger partial charge in [0, 0.05) is 12.6 Å². The van der Waals surface area contributed by atoms with Crippen LogP contribution in [0.2, 0.25) is 0 Å². The van der Waals surface area contributed by atoms with Gasteiger partial charge in [-0.15, -0.1) is 0 Å². The topological polar surface area (TPSA) is 58.6 Å². The first-order chi connectivity index (χ1) is 9.44. The molecule has 2 unspecified atom stereocenters. The predicted molar refractivity (Wildman–Crippen MR) is 76.0 cm³/mol. The fourth-order valence-corrected chi connectivity index (χ4v) is 3.05. The Morgan fingerprint density at radius 2 is 2.25 bits per heavy atom. The largest absolute Gasteiger partial charge is 0.488 e. The van der Waals surface area contributed by atoms with Gasteiger partial charge in [-0.2, -0.15) is 0 Å². The quantitative estimate of drug-likeness (QED) is 0.870. The first kappa shape index (κ1) is 13.4. The molecular formula is C16H21NO3. The molecule has 20 heavy (non-hydrogen) atoms. The summed E-state index contributed by atoms with van der Waals surface area (Å²) < 4.78 is 6.05. The third-order valence-corrected chi connectivity index (χ3v) is 4.36. The number of ether oxygens (including phenoxy) is 1. The lowest BCUT2D eigenvalue weighted by Gasteiger charge is -2.33. The van der Waals surface area contributed by atoms with E-state index in [0.717, 1.165) is 24.2 Å². The average molecular weight is 275 g/mol. The van der Waals surface area contributed by atoms with Crippen LogP contribution in [0, 0.1) is 5.92 Å². The van der Waals surface area contributed by atoms with Gasteiger partial charge in [-0.05, 0) is 50.3 Å². The summed E-state index contributed by atoms with van der Waals surface area (Å²) in [7, 11) is 0. The van der Waals surface area contributed by atoms with Crippen molar-refractivity contribution in [3.8, 4) is 5.75 Å². The van der Waals surface area contributed by atoms with Gasteiger partial charge in [-0.25, -0.2) is 0 Å². The molecule has 2 aliphatic heterocycles. The maximum absolute atomic E-state index is 11.0. The molecule has 1 fully saturated rings. The summed E-state index contributed by atoms with van der Waals surface area (Å²) in [6.07, 6.45) is 2.72. The summed E-state index contributed by atoms with van der Waals surface area (Å²) >= 11 is 0. The molecule has 3 rings (SSSR count). The van der Waals surface area contributed by atoms with Crippen molar-refractivity contribution in [3.05, 3.63) is 29.3 Å². The van der Waals surface area contributed by atoms with E-state index in [9.17, 15) is 4.79 Å². The molecule has 108 valence electrons. The Kier molecular flexibility index (Phi) is 3.21. The summed E-state index contributed by atoms with van der Waals surface area (Å²) in [4.78, 5) is 11.0.